The first-order valence-electron chi connectivity index (χ1n) is 8.71. The number of amides is 1. The van der Waals surface area contributed by atoms with Crippen LogP contribution in [0.5, 0.6) is 0 Å². The van der Waals surface area contributed by atoms with Crippen molar-refractivity contribution in [2.75, 3.05) is 11.4 Å². The molecule has 0 saturated heterocycles. The second-order valence-electron chi connectivity index (χ2n) is 6.58. The van der Waals surface area contributed by atoms with Gasteiger partial charge in [-0.15, -0.1) is 11.3 Å². The lowest BCUT2D eigenvalue weighted by Crippen LogP contribution is -2.36. The fourth-order valence-corrected chi connectivity index (χ4v) is 4.52. The van der Waals surface area contributed by atoms with E-state index < -0.39 is 0 Å². The lowest BCUT2D eigenvalue weighted by atomic mass is 9.99. The van der Waals surface area contributed by atoms with E-state index in [0.717, 1.165) is 41.3 Å². The summed E-state index contributed by atoms with van der Waals surface area (Å²) in [5.74, 6) is 0.103. The Labute approximate surface area is 162 Å². The molecular weight excluding hydrogens is 364 g/mol. The van der Waals surface area contributed by atoms with Crippen molar-refractivity contribution >= 4 is 34.5 Å². The zero-order chi connectivity index (χ0) is 18.1. The van der Waals surface area contributed by atoms with Crippen LogP contribution in [0.2, 0.25) is 5.02 Å². The van der Waals surface area contributed by atoms with Crippen molar-refractivity contribution in [3.63, 3.8) is 0 Å². The molecule has 0 atom stereocenters. The minimum atomic E-state index is 0.103. The molecule has 0 N–H and O–H groups in total. The van der Waals surface area contributed by atoms with Crippen LogP contribution in [0.15, 0.2) is 47.8 Å². The molecule has 1 aliphatic heterocycles. The Balaban J connectivity index is 1.54. The van der Waals surface area contributed by atoms with Gasteiger partial charge in [-0.25, -0.2) is 4.98 Å². The number of carbonyl (C=O) groups excluding carboxylic acids is 1. The summed E-state index contributed by atoms with van der Waals surface area (Å²) in [4.78, 5) is 19.4. The van der Waals surface area contributed by atoms with Gasteiger partial charge in [0.2, 0.25) is 5.91 Å². The van der Waals surface area contributed by atoms with Crippen LogP contribution in [0.3, 0.4) is 0 Å². The van der Waals surface area contributed by atoms with Crippen LogP contribution in [-0.4, -0.2) is 17.4 Å². The Bertz CT molecular complexity index is 966. The number of thiazole rings is 1. The SMILES string of the molecule is Cc1ccc2c(c1)CCCN2C(=O)Cc1csc(-c2ccccc2Cl)n1. The molecule has 3 aromatic rings. The maximum absolute atomic E-state index is 12.9. The maximum atomic E-state index is 12.9. The molecule has 0 radical (unpaired) electrons. The van der Waals surface area contributed by atoms with Crippen molar-refractivity contribution in [2.45, 2.75) is 26.2 Å². The van der Waals surface area contributed by atoms with E-state index in [1.54, 1.807) is 0 Å². The maximum Gasteiger partial charge on any atom is 0.233 e. The average molecular weight is 383 g/mol. The highest BCUT2D eigenvalue weighted by molar-refractivity contribution is 7.13. The normalized spacial score (nSPS) is 13.5. The number of aromatic nitrogens is 1. The smallest absolute Gasteiger partial charge is 0.233 e. The second kappa shape index (κ2) is 7.22. The Hall–Kier alpha value is -2.17. The Kier molecular flexibility index (Phi) is 4.79. The fourth-order valence-electron chi connectivity index (χ4n) is 3.38. The number of fused-ring (bicyclic) bond motifs is 1. The van der Waals surface area contributed by atoms with Crippen LogP contribution in [0.1, 0.15) is 23.2 Å². The van der Waals surface area contributed by atoms with Crippen LogP contribution in [0.4, 0.5) is 5.69 Å². The third-order valence-electron chi connectivity index (χ3n) is 4.64. The van der Waals surface area contributed by atoms with Gasteiger partial charge in [-0.05, 0) is 37.5 Å². The number of hydrogen-bond donors (Lipinski definition) is 0. The monoisotopic (exact) mass is 382 g/mol. The van der Waals surface area contributed by atoms with Gasteiger partial charge >= 0.3 is 0 Å². The van der Waals surface area contributed by atoms with Gasteiger partial charge in [-0.1, -0.05) is 47.5 Å². The van der Waals surface area contributed by atoms with E-state index in [1.807, 2.05) is 34.5 Å². The van der Waals surface area contributed by atoms with Crippen molar-refractivity contribution in [1.29, 1.82) is 0 Å². The largest absolute Gasteiger partial charge is 0.312 e. The molecule has 5 heteroatoms. The van der Waals surface area contributed by atoms with E-state index in [2.05, 4.69) is 30.1 Å². The molecule has 0 spiro atoms. The van der Waals surface area contributed by atoms with E-state index >= 15 is 0 Å². The number of hydrogen-bond acceptors (Lipinski definition) is 3. The van der Waals surface area contributed by atoms with Crippen molar-refractivity contribution in [1.82, 2.24) is 4.98 Å². The van der Waals surface area contributed by atoms with Gasteiger partial charge in [0.1, 0.15) is 5.01 Å². The number of aryl methyl sites for hydroxylation is 2. The topological polar surface area (TPSA) is 33.2 Å². The van der Waals surface area contributed by atoms with Gasteiger partial charge in [-0.3, -0.25) is 4.79 Å². The van der Waals surface area contributed by atoms with Crippen molar-refractivity contribution in [3.8, 4) is 10.6 Å². The second-order valence-corrected chi connectivity index (χ2v) is 7.85. The highest BCUT2D eigenvalue weighted by atomic mass is 35.5. The summed E-state index contributed by atoms with van der Waals surface area (Å²) in [7, 11) is 0. The Morgan fingerprint density at radius 1 is 1.27 bits per heavy atom. The number of carbonyl (C=O) groups is 1. The highest BCUT2D eigenvalue weighted by Gasteiger charge is 2.23. The fraction of sp³-hybridized carbons (Fsp3) is 0.238. The predicted molar refractivity (Wildman–Crippen MR) is 108 cm³/mol. The molecule has 1 amide bonds. The Morgan fingerprint density at radius 3 is 2.96 bits per heavy atom. The standard InChI is InChI=1S/C21H19ClN2OS/c1-14-8-9-19-15(11-14)5-4-10-24(19)20(25)12-16-13-26-21(23-16)17-6-2-3-7-18(17)22/h2-3,6-9,11,13H,4-5,10,12H2,1H3. The number of anilines is 1. The van der Waals surface area contributed by atoms with Crippen LogP contribution in [-0.2, 0) is 17.6 Å². The molecule has 1 aromatic heterocycles. The minimum Gasteiger partial charge on any atom is -0.312 e. The first-order chi connectivity index (χ1) is 12.6. The first kappa shape index (κ1) is 17.3. The van der Waals surface area contributed by atoms with Crippen molar-refractivity contribution in [2.24, 2.45) is 0 Å². The lowest BCUT2D eigenvalue weighted by molar-refractivity contribution is -0.118. The van der Waals surface area contributed by atoms with Crippen LogP contribution < -0.4 is 4.90 Å². The van der Waals surface area contributed by atoms with E-state index in [1.165, 1.54) is 22.5 Å². The summed E-state index contributed by atoms with van der Waals surface area (Å²) in [5.41, 5.74) is 5.26. The van der Waals surface area contributed by atoms with Gasteiger partial charge in [0.15, 0.2) is 0 Å². The summed E-state index contributed by atoms with van der Waals surface area (Å²) >= 11 is 7.78. The molecule has 0 bridgehead atoms. The molecular formula is C21H19ClN2OS. The first-order valence-corrected chi connectivity index (χ1v) is 9.97. The number of rotatable bonds is 3. The van der Waals surface area contributed by atoms with E-state index in [0.29, 0.717) is 11.4 Å². The average Bonchev–Trinajstić information content (AvgIpc) is 3.09. The molecule has 132 valence electrons. The molecule has 26 heavy (non-hydrogen) atoms. The number of benzene rings is 2. The molecule has 3 nitrogen and oxygen atoms in total. The zero-order valence-corrected chi connectivity index (χ0v) is 16.1. The third kappa shape index (κ3) is 3.39. The predicted octanol–water partition coefficient (Wildman–Crippen LogP) is 5.29. The molecule has 0 unspecified atom stereocenters. The van der Waals surface area contributed by atoms with Crippen LogP contribution >= 0.6 is 22.9 Å². The minimum absolute atomic E-state index is 0.103. The van der Waals surface area contributed by atoms with E-state index in [9.17, 15) is 4.79 Å². The number of halogens is 1. The van der Waals surface area contributed by atoms with Crippen LogP contribution in [0, 0.1) is 6.92 Å². The molecule has 1 aliphatic rings. The lowest BCUT2D eigenvalue weighted by Gasteiger charge is -2.29. The summed E-state index contributed by atoms with van der Waals surface area (Å²) in [6.07, 6.45) is 2.35. The van der Waals surface area contributed by atoms with Crippen molar-refractivity contribution in [3.05, 3.63) is 69.7 Å². The molecule has 4 rings (SSSR count). The number of nitrogens with zero attached hydrogens (tertiary/aromatic N) is 2. The van der Waals surface area contributed by atoms with Gasteiger partial charge < -0.3 is 4.90 Å². The summed E-state index contributed by atoms with van der Waals surface area (Å²) in [6, 6.07) is 14.0. The molecule has 0 aliphatic carbocycles. The molecule has 2 heterocycles. The van der Waals surface area contributed by atoms with Gasteiger partial charge in [0.25, 0.3) is 0 Å². The van der Waals surface area contributed by atoms with Gasteiger partial charge in [0, 0.05) is 23.2 Å². The van der Waals surface area contributed by atoms with Gasteiger partial charge in [0.05, 0.1) is 17.1 Å². The van der Waals surface area contributed by atoms with E-state index in [4.69, 9.17) is 11.6 Å². The Morgan fingerprint density at radius 2 is 2.12 bits per heavy atom. The van der Waals surface area contributed by atoms with Gasteiger partial charge in [-0.2, -0.15) is 0 Å². The van der Waals surface area contributed by atoms with E-state index in [-0.39, 0.29) is 5.91 Å². The summed E-state index contributed by atoms with van der Waals surface area (Å²) in [6.45, 7) is 2.86. The molecule has 0 fully saturated rings. The van der Waals surface area contributed by atoms with Crippen LogP contribution in [0.25, 0.3) is 10.6 Å². The molecule has 2 aromatic carbocycles. The molecule has 0 saturated carbocycles. The zero-order valence-electron chi connectivity index (χ0n) is 14.5. The summed E-state index contributed by atoms with van der Waals surface area (Å²) < 4.78 is 0. The third-order valence-corrected chi connectivity index (χ3v) is 5.90. The highest BCUT2D eigenvalue weighted by Crippen LogP contribution is 2.31. The quantitative estimate of drug-likeness (QED) is 0.616. The van der Waals surface area contributed by atoms with Crippen molar-refractivity contribution < 1.29 is 4.79 Å². The summed E-state index contributed by atoms with van der Waals surface area (Å²) in [5, 5.41) is 3.49.